The minimum atomic E-state index is -0.447. The molecular weight excluding hydrogens is 302 g/mol. The van der Waals surface area contributed by atoms with Crippen molar-refractivity contribution >= 4 is 17.4 Å². The highest BCUT2D eigenvalue weighted by molar-refractivity contribution is 7.10. The Kier molecular flexibility index (Phi) is 6.24. The molecule has 1 aromatic heterocycles. The second kappa shape index (κ2) is 8.41. The van der Waals surface area contributed by atoms with Gasteiger partial charge < -0.3 is 19.9 Å². The molecule has 0 aliphatic heterocycles. The van der Waals surface area contributed by atoms with Crippen LogP contribution in [-0.4, -0.2) is 24.9 Å². The second-order valence-electron chi connectivity index (χ2n) is 4.60. The Morgan fingerprint density at radius 3 is 2.68 bits per heavy atom. The van der Waals surface area contributed by atoms with Crippen molar-refractivity contribution in [1.29, 1.82) is 0 Å². The van der Waals surface area contributed by atoms with Crippen LogP contribution in [0.25, 0.3) is 0 Å². The quantitative estimate of drug-likeness (QED) is 0.822. The Labute approximate surface area is 133 Å². The summed E-state index contributed by atoms with van der Waals surface area (Å²) in [5, 5.41) is 13.5. The Bertz CT molecular complexity index is 568. The van der Waals surface area contributed by atoms with Gasteiger partial charge in [-0.2, -0.15) is 0 Å². The first-order valence-electron chi connectivity index (χ1n) is 6.97. The topological polar surface area (TPSA) is 67.8 Å². The average Bonchev–Trinajstić information content (AvgIpc) is 3.08. The molecule has 1 heterocycles. The molecule has 2 N–H and O–H groups in total. The third-order valence-corrected chi connectivity index (χ3v) is 4.03. The summed E-state index contributed by atoms with van der Waals surface area (Å²) in [6.45, 7) is 0.283. The van der Waals surface area contributed by atoms with Gasteiger partial charge in [0.15, 0.2) is 0 Å². The molecule has 1 atom stereocenters. The van der Waals surface area contributed by atoms with E-state index in [2.05, 4.69) is 5.32 Å². The lowest BCUT2D eigenvalue weighted by molar-refractivity contribution is 0.118. The fourth-order valence-electron chi connectivity index (χ4n) is 1.90. The molecular formula is C16H19NO4S. The van der Waals surface area contributed by atoms with Crippen molar-refractivity contribution in [2.75, 3.05) is 13.7 Å². The number of rotatable bonds is 7. The molecule has 22 heavy (non-hydrogen) atoms. The number of carbonyl (C=O) groups excluding carboxylic acids is 1. The summed E-state index contributed by atoms with van der Waals surface area (Å²) in [5.74, 6) is 0.718. The predicted molar refractivity (Wildman–Crippen MR) is 85.1 cm³/mol. The van der Waals surface area contributed by atoms with E-state index >= 15 is 0 Å². The fraction of sp³-hybridized carbons (Fsp3) is 0.312. The van der Waals surface area contributed by atoms with E-state index in [0.717, 1.165) is 16.2 Å². The molecule has 118 valence electrons. The first-order chi connectivity index (χ1) is 10.7. The minimum absolute atomic E-state index is 0.00853. The highest BCUT2D eigenvalue weighted by Gasteiger charge is 2.15. The maximum Gasteiger partial charge on any atom is 0.406 e. The van der Waals surface area contributed by atoms with E-state index in [-0.39, 0.29) is 19.3 Å². The van der Waals surface area contributed by atoms with E-state index < -0.39 is 6.09 Å². The summed E-state index contributed by atoms with van der Waals surface area (Å²) < 4.78 is 11.0. The summed E-state index contributed by atoms with van der Waals surface area (Å²) in [6, 6.07) is 11.3. The Morgan fingerprint density at radius 2 is 2.09 bits per heavy atom. The van der Waals surface area contributed by atoms with Gasteiger partial charge in [0.2, 0.25) is 0 Å². The highest BCUT2D eigenvalue weighted by atomic mass is 32.1. The molecule has 5 nitrogen and oxygen atoms in total. The zero-order chi connectivity index (χ0) is 15.8. The van der Waals surface area contributed by atoms with Gasteiger partial charge in [-0.1, -0.05) is 18.2 Å². The van der Waals surface area contributed by atoms with Crippen LogP contribution in [0.3, 0.4) is 0 Å². The molecule has 0 spiro atoms. The van der Waals surface area contributed by atoms with Crippen molar-refractivity contribution in [2.45, 2.75) is 19.1 Å². The van der Waals surface area contributed by atoms with Gasteiger partial charge in [0.25, 0.3) is 0 Å². The fourth-order valence-corrected chi connectivity index (χ4v) is 2.69. The van der Waals surface area contributed by atoms with Crippen LogP contribution in [0.2, 0.25) is 0 Å². The number of nitrogens with one attached hydrogen (secondary N) is 1. The summed E-state index contributed by atoms with van der Waals surface area (Å²) in [7, 11) is 1.53. The largest absolute Gasteiger partial charge is 0.485 e. The summed E-state index contributed by atoms with van der Waals surface area (Å²) in [5.41, 5.74) is 0.836. The summed E-state index contributed by atoms with van der Waals surface area (Å²) in [6.07, 6.45) is -0.0581. The van der Waals surface area contributed by atoms with Gasteiger partial charge in [-0.3, -0.25) is 0 Å². The Morgan fingerprint density at radius 1 is 1.32 bits per heavy atom. The van der Waals surface area contributed by atoms with Crippen molar-refractivity contribution in [1.82, 2.24) is 5.32 Å². The van der Waals surface area contributed by atoms with E-state index in [4.69, 9.17) is 14.6 Å². The van der Waals surface area contributed by atoms with Gasteiger partial charge in [-0.05, 0) is 29.1 Å². The van der Waals surface area contributed by atoms with Crippen molar-refractivity contribution < 1.29 is 19.4 Å². The third-order valence-electron chi connectivity index (χ3n) is 3.06. The first-order valence-corrected chi connectivity index (χ1v) is 7.85. The lowest BCUT2D eigenvalue weighted by Crippen LogP contribution is -2.21. The molecule has 0 saturated carbocycles. The van der Waals surface area contributed by atoms with Gasteiger partial charge in [0.1, 0.15) is 11.9 Å². The maximum atomic E-state index is 11.1. The molecule has 1 unspecified atom stereocenters. The number of aliphatic hydroxyl groups excluding tert-OH is 1. The number of hydrogen-bond acceptors (Lipinski definition) is 5. The normalized spacial score (nSPS) is 11.7. The van der Waals surface area contributed by atoms with Gasteiger partial charge in [0, 0.05) is 18.3 Å². The van der Waals surface area contributed by atoms with Crippen LogP contribution in [0.4, 0.5) is 4.79 Å². The molecule has 6 heteroatoms. The molecule has 1 aromatic carbocycles. The highest BCUT2D eigenvalue weighted by Crippen LogP contribution is 2.28. The number of alkyl carbamates (subject to hydrolysis) is 1. The third kappa shape index (κ3) is 4.75. The molecule has 2 rings (SSSR count). The second-order valence-corrected chi connectivity index (χ2v) is 5.58. The molecule has 0 radical (unpaired) electrons. The van der Waals surface area contributed by atoms with Crippen LogP contribution in [0.1, 0.15) is 23.0 Å². The monoisotopic (exact) mass is 321 g/mol. The zero-order valence-electron chi connectivity index (χ0n) is 12.3. The van der Waals surface area contributed by atoms with Crippen LogP contribution < -0.4 is 10.1 Å². The standard InChI is InChI=1S/C16H19NO4S/c1-17-16(19)20-9-8-14(15-3-2-10-22-15)21-13-6-4-12(11-18)5-7-13/h2-7,10,14,18H,8-9,11H2,1H3,(H,17,19). The lowest BCUT2D eigenvalue weighted by atomic mass is 10.2. The van der Waals surface area contributed by atoms with Gasteiger partial charge in [-0.25, -0.2) is 4.79 Å². The summed E-state index contributed by atoms with van der Waals surface area (Å²) in [4.78, 5) is 12.2. The lowest BCUT2D eigenvalue weighted by Gasteiger charge is -2.18. The van der Waals surface area contributed by atoms with E-state index in [1.807, 2.05) is 41.8 Å². The minimum Gasteiger partial charge on any atom is -0.485 e. The number of hydrogen-bond donors (Lipinski definition) is 2. The Balaban J connectivity index is 1.99. The van der Waals surface area contributed by atoms with E-state index in [1.54, 1.807) is 11.3 Å². The number of amides is 1. The van der Waals surface area contributed by atoms with E-state index in [9.17, 15) is 4.79 Å². The number of ether oxygens (including phenoxy) is 2. The van der Waals surface area contributed by atoms with Crippen LogP contribution >= 0.6 is 11.3 Å². The smallest absolute Gasteiger partial charge is 0.406 e. The van der Waals surface area contributed by atoms with E-state index in [0.29, 0.717) is 6.42 Å². The average molecular weight is 321 g/mol. The molecule has 0 aliphatic rings. The van der Waals surface area contributed by atoms with Crippen molar-refractivity contribution in [3.05, 3.63) is 52.2 Å². The van der Waals surface area contributed by atoms with Crippen molar-refractivity contribution in [2.24, 2.45) is 0 Å². The maximum absolute atomic E-state index is 11.1. The SMILES string of the molecule is CNC(=O)OCCC(Oc1ccc(CO)cc1)c1cccs1. The molecule has 2 aromatic rings. The number of aliphatic hydroxyl groups is 1. The number of thiophene rings is 1. The van der Waals surface area contributed by atoms with Gasteiger partial charge in [0.05, 0.1) is 13.2 Å². The van der Waals surface area contributed by atoms with E-state index in [1.165, 1.54) is 7.05 Å². The molecule has 0 fully saturated rings. The van der Waals surface area contributed by atoms with Crippen LogP contribution in [0, 0.1) is 0 Å². The first kappa shape index (κ1) is 16.3. The van der Waals surface area contributed by atoms with Crippen LogP contribution in [-0.2, 0) is 11.3 Å². The van der Waals surface area contributed by atoms with Gasteiger partial charge >= 0.3 is 6.09 Å². The molecule has 0 bridgehead atoms. The van der Waals surface area contributed by atoms with Crippen LogP contribution in [0.5, 0.6) is 5.75 Å². The van der Waals surface area contributed by atoms with Crippen molar-refractivity contribution in [3.63, 3.8) is 0 Å². The number of carbonyl (C=O) groups is 1. The number of benzene rings is 1. The molecule has 0 aliphatic carbocycles. The molecule has 1 amide bonds. The summed E-state index contributed by atoms with van der Waals surface area (Å²) >= 11 is 1.60. The zero-order valence-corrected chi connectivity index (χ0v) is 13.1. The van der Waals surface area contributed by atoms with Crippen molar-refractivity contribution in [3.8, 4) is 5.75 Å². The Hall–Kier alpha value is -2.05. The van der Waals surface area contributed by atoms with Crippen LogP contribution in [0.15, 0.2) is 41.8 Å². The van der Waals surface area contributed by atoms with Gasteiger partial charge in [-0.15, -0.1) is 11.3 Å². The molecule has 0 saturated heterocycles. The predicted octanol–water partition coefficient (Wildman–Crippen LogP) is 3.11.